The summed E-state index contributed by atoms with van der Waals surface area (Å²) in [7, 11) is 2.93. The SMILES string of the molecule is COc1cc(C(=O)N(C)Cc2ccc(C#N)cc2)ccc1OC(F)F. The number of rotatable bonds is 6. The maximum Gasteiger partial charge on any atom is 0.387 e. The summed E-state index contributed by atoms with van der Waals surface area (Å²) in [4.78, 5) is 14.0. The molecule has 0 N–H and O–H groups in total. The van der Waals surface area contributed by atoms with Gasteiger partial charge >= 0.3 is 6.61 Å². The Bertz CT molecular complexity index is 786. The van der Waals surface area contributed by atoms with Crippen molar-refractivity contribution < 1.29 is 23.0 Å². The van der Waals surface area contributed by atoms with Crippen molar-refractivity contribution in [3.05, 3.63) is 59.2 Å². The predicted molar refractivity (Wildman–Crippen MR) is 86.6 cm³/mol. The Hall–Kier alpha value is -3.14. The Morgan fingerprint density at radius 1 is 1.20 bits per heavy atom. The van der Waals surface area contributed by atoms with Gasteiger partial charge in [-0.05, 0) is 35.9 Å². The number of carbonyl (C=O) groups is 1. The molecule has 0 aliphatic carbocycles. The number of benzene rings is 2. The molecule has 0 aliphatic rings. The minimum atomic E-state index is -2.98. The summed E-state index contributed by atoms with van der Waals surface area (Å²) in [5.41, 5.74) is 1.69. The van der Waals surface area contributed by atoms with E-state index in [4.69, 9.17) is 10.00 Å². The third kappa shape index (κ3) is 4.67. The number of hydrogen-bond donors (Lipinski definition) is 0. The number of alkyl halides is 2. The molecule has 2 rings (SSSR count). The largest absolute Gasteiger partial charge is 0.493 e. The molecule has 0 fully saturated rings. The first-order chi connectivity index (χ1) is 11.9. The number of amides is 1. The van der Waals surface area contributed by atoms with Crippen LogP contribution >= 0.6 is 0 Å². The van der Waals surface area contributed by atoms with Crippen molar-refractivity contribution in [3.8, 4) is 17.6 Å². The van der Waals surface area contributed by atoms with Crippen LogP contribution in [-0.2, 0) is 6.54 Å². The van der Waals surface area contributed by atoms with Crippen molar-refractivity contribution in [2.45, 2.75) is 13.2 Å². The predicted octanol–water partition coefficient (Wildman–Crippen LogP) is 3.44. The minimum absolute atomic E-state index is 0.0536. The van der Waals surface area contributed by atoms with Crippen molar-refractivity contribution >= 4 is 5.91 Å². The molecule has 25 heavy (non-hydrogen) atoms. The van der Waals surface area contributed by atoms with Crippen LogP contribution in [-0.4, -0.2) is 31.6 Å². The molecule has 0 atom stereocenters. The lowest BCUT2D eigenvalue weighted by molar-refractivity contribution is -0.0512. The molecule has 2 aromatic rings. The number of methoxy groups -OCH3 is 1. The van der Waals surface area contributed by atoms with Crippen LogP contribution in [0, 0.1) is 11.3 Å². The van der Waals surface area contributed by atoms with E-state index in [1.165, 1.54) is 30.2 Å². The van der Waals surface area contributed by atoms with E-state index in [1.54, 1.807) is 31.3 Å². The molecule has 0 heterocycles. The Labute approximate surface area is 144 Å². The van der Waals surface area contributed by atoms with Crippen LogP contribution in [0.4, 0.5) is 8.78 Å². The highest BCUT2D eigenvalue weighted by molar-refractivity contribution is 5.94. The molecule has 7 heteroatoms. The summed E-state index contributed by atoms with van der Waals surface area (Å²) in [6, 6.07) is 12.9. The summed E-state index contributed by atoms with van der Waals surface area (Å²) < 4.78 is 34.0. The molecule has 1 amide bonds. The summed E-state index contributed by atoms with van der Waals surface area (Å²) >= 11 is 0. The summed E-state index contributed by atoms with van der Waals surface area (Å²) in [5.74, 6) is -0.382. The van der Waals surface area contributed by atoms with Gasteiger partial charge < -0.3 is 14.4 Å². The van der Waals surface area contributed by atoms with Gasteiger partial charge in [-0.3, -0.25) is 4.79 Å². The number of ether oxygens (including phenoxy) is 2. The highest BCUT2D eigenvalue weighted by Gasteiger charge is 2.17. The van der Waals surface area contributed by atoms with Gasteiger partial charge in [0.2, 0.25) is 0 Å². The first kappa shape index (κ1) is 18.2. The zero-order valence-electron chi connectivity index (χ0n) is 13.7. The molecular formula is C18H16F2N2O3. The molecule has 0 unspecified atom stereocenters. The number of carbonyl (C=O) groups excluding carboxylic acids is 1. The van der Waals surface area contributed by atoms with E-state index in [0.29, 0.717) is 12.1 Å². The topological polar surface area (TPSA) is 62.6 Å². The van der Waals surface area contributed by atoms with Crippen LogP contribution in [0.3, 0.4) is 0 Å². The van der Waals surface area contributed by atoms with Crippen LogP contribution in [0.25, 0.3) is 0 Å². The van der Waals surface area contributed by atoms with Crippen LogP contribution in [0.2, 0.25) is 0 Å². The fourth-order valence-corrected chi connectivity index (χ4v) is 2.24. The van der Waals surface area contributed by atoms with Crippen molar-refractivity contribution in [2.75, 3.05) is 14.2 Å². The highest BCUT2D eigenvalue weighted by Crippen LogP contribution is 2.29. The number of nitriles is 1. The Kier molecular flexibility index (Phi) is 5.90. The standard InChI is InChI=1S/C18H16F2N2O3/c1-22(11-13-5-3-12(10-21)4-6-13)17(23)14-7-8-15(25-18(19)20)16(9-14)24-2/h3-9,18H,11H2,1-2H3. The second-order valence-electron chi connectivity index (χ2n) is 5.21. The monoisotopic (exact) mass is 346 g/mol. The van der Waals surface area contributed by atoms with E-state index >= 15 is 0 Å². The fraction of sp³-hybridized carbons (Fsp3) is 0.222. The third-order valence-electron chi connectivity index (χ3n) is 3.48. The summed E-state index contributed by atoms with van der Waals surface area (Å²) in [5, 5.41) is 8.79. The van der Waals surface area contributed by atoms with E-state index in [2.05, 4.69) is 4.74 Å². The number of hydrogen-bond acceptors (Lipinski definition) is 4. The molecule has 0 bridgehead atoms. The first-order valence-corrected chi connectivity index (χ1v) is 7.32. The molecule has 0 radical (unpaired) electrons. The summed E-state index contributed by atoms with van der Waals surface area (Å²) in [6.45, 7) is -2.64. The van der Waals surface area contributed by atoms with Gasteiger partial charge in [0.1, 0.15) is 0 Å². The fourth-order valence-electron chi connectivity index (χ4n) is 2.24. The first-order valence-electron chi connectivity index (χ1n) is 7.32. The normalized spacial score (nSPS) is 10.2. The van der Waals surface area contributed by atoms with Gasteiger partial charge in [-0.15, -0.1) is 0 Å². The van der Waals surface area contributed by atoms with Crippen molar-refractivity contribution in [3.63, 3.8) is 0 Å². The molecule has 0 spiro atoms. The quantitative estimate of drug-likeness (QED) is 0.804. The van der Waals surface area contributed by atoms with E-state index in [0.717, 1.165) is 5.56 Å². The second-order valence-corrected chi connectivity index (χ2v) is 5.21. The number of halogens is 2. The smallest absolute Gasteiger partial charge is 0.387 e. The lowest BCUT2D eigenvalue weighted by atomic mass is 10.1. The van der Waals surface area contributed by atoms with Gasteiger partial charge in [0.25, 0.3) is 5.91 Å². The molecule has 0 aromatic heterocycles. The van der Waals surface area contributed by atoms with Crippen molar-refractivity contribution in [1.82, 2.24) is 4.90 Å². The Balaban J connectivity index is 2.14. The highest BCUT2D eigenvalue weighted by atomic mass is 19.3. The van der Waals surface area contributed by atoms with Crippen molar-refractivity contribution in [1.29, 1.82) is 5.26 Å². The van der Waals surface area contributed by atoms with E-state index in [9.17, 15) is 13.6 Å². The van der Waals surface area contributed by atoms with E-state index in [1.807, 2.05) is 6.07 Å². The van der Waals surface area contributed by atoms with Crippen LogP contribution < -0.4 is 9.47 Å². The third-order valence-corrected chi connectivity index (χ3v) is 3.48. The zero-order chi connectivity index (χ0) is 18.4. The van der Waals surface area contributed by atoms with Crippen LogP contribution in [0.1, 0.15) is 21.5 Å². The van der Waals surface area contributed by atoms with Crippen LogP contribution in [0.15, 0.2) is 42.5 Å². The summed E-state index contributed by atoms with van der Waals surface area (Å²) in [6.07, 6.45) is 0. The van der Waals surface area contributed by atoms with E-state index in [-0.39, 0.29) is 23.0 Å². The average molecular weight is 346 g/mol. The van der Waals surface area contributed by atoms with Gasteiger partial charge in [0.05, 0.1) is 18.7 Å². The zero-order valence-corrected chi connectivity index (χ0v) is 13.7. The molecule has 5 nitrogen and oxygen atoms in total. The lowest BCUT2D eigenvalue weighted by Gasteiger charge is -2.18. The van der Waals surface area contributed by atoms with Crippen molar-refractivity contribution in [2.24, 2.45) is 0 Å². The van der Waals surface area contributed by atoms with Gasteiger partial charge in [-0.1, -0.05) is 12.1 Å². The minimum Gasteiger partial charge on any atom is -0.493 e. The molecule has 2 aromatic carbocycles. The number of nitrogens with zero attached hydrogens (tertiary/aromatic N) is 2. The Morgan fingerprint density at radius 2 is 1.88 bits per heavy atom. The maximum absolute atomic E-state index is 12.5. The van der Waals surface area contributed by atoms with Gasteiger partial charge in [0, 0.05) is 19.2 Å². The Morgan fingerprint density at radius 3 is 2.44 bits per heavy atom. The van der Waals surface area contributed by atoms with Gasteiger partial charge in [-0.25, -0.2) is 0 Å². The molecule has 0 saturated carbocycles. The maximum atomic E-state index is 12.5. The van der Waals surface area contributed by atoms with Gasteiger partial charge in [0.15, 0.2) is 11.5 Å². The average Bonchev–Trinajstić information content (AvgIpc) is 2.61. The van der Waals surface area contributed by atoms with Gasteiger partial charge in [-0.2, -0.15) is 14.0 Å². The molecular weight excluding hydrogens is 330 g/mol. The van der Waals surface area contributed by atoms with Crippen LogP contribution in [0.5, 0.6) is 11.5 Å². The molecule has 0 saturated heterocycles. The van der Waals surface area contributed by atoms with E-state index < -0.39 is 6.61 Å². The molecule has 0 aliphatic heterocycles. The molecule has 130 valence electrons. The second kappa shape index (κ2) is 8.11. The lowest BCUT2D eigenvalue weighted by Crippen LogP contribution is -2.26.